The predicted molar refractivity (Wildman–Crippen MR) is 71.1 cm³/mol. The third-order valence-electron chi connectivity index (χ3n) is 2.72. The number of carboxylic acids is 1. The van der Waals surface area contributed by atoms with Crippen LogP contribution in [0.4, 0.5) is 5.69 Å². The van der Waals surface area contributed by atoms with Crippen molar-refractivity contribution in [1.82, 2.24) is 0 Å². The second-order valence-electron chi connectivity index (χ2n) is 5.37. The van der Waals surface area contributed by atoms with E-state index in [-0.39, 0.29) is 17.0 Å². The minimum atomic E-state index is -1.14. The van der Waals surface area contributed by atoms with Gasteiger partial charge in [-0.25, -0.2) is 4.79 Å². The van der Waals surface area contributed by atoms with E-state index in [2.05, 4.69) is 5.32 Å². The second-order valence-corrected chi connectivity index (χ2v) is 5.37. The Bertz CT molecular complexity index is 506. The van der Waals surface area contributed by atoms with E-state index in [4.69, 9.17) is 10.8 Å². The highest BCUT2D eigenvalue weighted by molar-refractivity contribution is 5.98. The first-order valence-electron chi connectivity index (χ1n) is 5.75. The summed E-state index contributed by atoms with van der Waals surface area (Å²) in [5.74, 6) is -1.83. The molecule has 0 fully saturated rings. The summed E-state index contributed by atoms with van der Waals surface area (Å²) in [4.78, 5) is 22.7. The third kappa shape index (κ3) is 3.69. The van der Waals surface area contributed by atoms with Crippen molar-refractivity contribution in [2.24, 2.45) is 11.1 Å². The lowest BCUT2D eigenvalue weighted by Crippen LogP contribution is -2.45. The molecule has 1 rings (SSSR count). The van der Waals surface area contributed by atoms with Crippen LogP contribution in [0.1, 0.15) is 31.1 Å². The van der Waals surface area contributed by atoms with Gasteiger partial charge in [0.05, 0.1) is 17.3 Å². The van der Waals surface area contributed by atoms with Crippen LogP contribution >= 0.6 is 0 Å². The van der Waals surface area contributed by atoms with Crippen LogP contribution in [0.2, 0.25) is 0 Å². The van der Waals surface area contributed by atoms with E-state index in [0.717, 1.165) is 0 Å². The summed E-state index contributed by atoms with van der Waals surface area (Å²) < 4.78 is 0. The van der Waals surface area contributed by atoms with Gasteiger partial charge in [0, 0.05) is 0 Å². The number of benzene rings is 1. The lowest BCUT2D eigenvalue weighted by Gasteiger charge is -2.26. The van der Waals surface area contributed by atoms with Gasteiger partial charge < -0.3 is 21.3 Å². The van der Waals surface area contributed by atoms with Crippen molar-refractivity contribution in [1.29, 1.82) is 0 Å². The Balaban J connectivity index is 2.96. The maximum atomic E-state index is 11.9. The molecule has 1 aromatic rings. The molecule has 104 valence electrons. The SMILES string of the molecule is CC(C)(C)C(N)C(=O)Nc1cc(C(=O)O)ccc1O. The zero-order chi connectivity index (χ0) is 14.8. The van der Waals surface area contributed by atoms with Crippen LogP contribution in [0.15, 0.2) is 18.2 Å². The lowest BCUT2D eigenvalue weighted by atomic mass is 9.87. The molecule has 0 aliphatic rings. The molecule has 5 N–H and O–H groups in total. The first-order chi connectivity index (χ1) is 8.62. The summed E-state index contributed by atoms with van der Waals surface area (Å²) in [5.41, 5.74) is 5.34. The number of aromatic carboxylic acids is 1. The van der Waals surface area contributed by atoms with Crippen molar-refractivity contribution in [2.45, 2.75) is 26.8 Å². The summed E-state index contributed by atoms with van der Waals surface area (Å²) in [7, 11) is 0. The molecule has 0 saturated carbocycles. The molecule has 0 saturated heterocycles. The number of hydrogen-bond acceptors (Lipinski definition) is 4. The van der Waals surface area contributed by atoms with Gasteiger partial charge in [-0.15, -0.1) is 0 Å². The summed E-state index contributed by atoms with van der Waals surface area (Å²) in [6.07, 6.45) is 0. The van der Waals surface area contributed by atoms with Crippen molar-refractivity contribution in [3.8, 4) is 5.75 Å². The van der Waals surface area contributed by atoms with E-state index in [1.807, 2.05) is 20.8 Å². The Morgan fingerprint density at radius 1 is 1.32 bits per heavy atom. The smallest absolute Gasteiger partial charge is 0.335 e. The van der Waals surface area contributed by atoms with E-state index < -0.39 is 23.3 Å². The van der Waals surface area contributed by atoms with E-state index in [1.165, 1.54) is 18.2 Å². The molecule has 1 aromatic carbocycles. The second kappa shape index (κ2) is 5.27. The van der Waals surface area contributed by atoms with Crippen LogP contribution in [-0.2, 0) is 4.79 Å². The maximum Gasteiger partial charge on any atom is 0.335 e. The number of phenols is 1. The lowest BCUT2D eigenvalue weighted by molar-refractivity contribution is -0.119. The van der Waals surface area contributed by atoms with Crippen molar-refractivity contribution in [3.05, 3.63) is 23.8 Å². The summed E-state index contributed by atoms with van der Waals surface area (Å²) >= 11 is 0. The number of nitrogens with two attached hydrogens (primary N) is 1. The highest BCUT2D eigenvalue weighted by Crippen LogP contribution is 2.26. The number of amides is 1. The molecular formula is C13H18N2O4. The zero-order valence-corrected chi connectivity index (χ0v) is 11.1. The predicted octanol–water partition coefficient (Wildman–Crippen LogP) is 1.40. The molecule has 6 nitrogen and oxygen atoms in total. The van der Waals surface area contributed by atoms with E-state index in [9.17, 15) is 14.7 Å². The fourth-order valence-electron chi connectivity index (χ4n) is 1.37. The number of carboxylic acid groups (broad SMARTS) is 1. The number of anilines is 1. The average Bonchev–Trinajstić information content (AvgIpc) is 2.29. The van der Waals surface area contributed by atoms with Crippen LogP contribution in [-0.4, -0.2) is 28.1 Å². The number of hydrogen-bond donors (Lipinski definition) is 4. The highest BCUT2D eigenvalue weighted by Gasteiger charge is 2.28. The van der Waals surface area contributed by atoms with Gasteiger partial charge in [-0.3, -0.25) is 4.79 Å². The molecule has 0 heterocycles. The normalized spacial score (nSPS) is 12.8. The Kier molecular flexibility index (Phi) is 4.16. The number of nitrogens with one attached hydrogen (secondary N) is 1. The van der Waals surface area contributed by atoms with Crippen LogP contribution in [0.3, 0.4) is 0 Å². The fraction of sp³-hybridized carbons (Fsp3) is 0.385. The molecule has 0 bridgehead atoms. The molecule has 0 spiro atoms. The van der Waals surface area contributed by atoms with Crippen LogP contribution in [0.5, 0.6) is 5.75 Å². The molecule has 6 heteroatoms. The Morgan fingerprint density at radius 3 is 2.37 bits per heavy atom. The number of aromatic hydroxyl groups is 1. The van der Waals surface area contributed by atoms with Gasteiger partial charge in [0.25, 0.3) is 0 Å². The first-order valence-corrected chi connectivity index (χ1v) is 5.75. The van der Waals surface area contributed by atoms with Crippen molar-refractivity contribution >= 4 is 17.6 Å². The van der Waals surface area contributed by atoms with Crippen LogP contribution in [0.25, 0.3) is 0 Å². The van der Waals surface area contributed by atoms with Crippen LogP contribution < -0.4 is 11.1 Å². The summed E-state index contributed by atoms with van der Waals surface area (Å²) in [5, 5.41) is 20.9. The highest BCUT2D eigenvalue weighted by atomic mass is 16.4. The van der Waals surface area contributed by atoms with Crippen molar-refractivity contribution in [3.63, 3.8) is 0 Å². The van der Waals surface area contributed by atoms with E-state index >= 15 is 0 Å². The van der Waals surface area contributed by atoms with Crippen molar-refractivity contribution in [2.75, 3.05) is 5.32 Å². The van der Waals surface area contributed by atoms with Gasteiger partial charge in [0.1, 0.15) is 5.75 Å². The molecule has 1 amide bonds. The first kappa shape index (κ1) is 15.0. The number of rotatable bonds is 3. The van der Waals surface area contributed by atoms with Gasteiger partial charge in [0.15, 0.2) is 0 Å². The molecule has 1 unspecified atom stereocenters. The van der Waals surface area contributed by atoms with Crippen molar-refractivity contribution < 1.29 is 19.8 Å². The molecule has 0 aliphatic heterocycles. The summed E-state index contributed by atoms with van der Waals surface area (Å²) in [6.45, 7) is 5.43. The third-order valence-corrected chi connectivity index (χ3v) is 2.72. The maximum absolute atomic E-state index is 11.9. The molecule has 1 atom stereocenters. The van der Waals surface area contributed by atoms with E-state index in [0.29, 0.717) is 0 Å². The minimum absolute atomic E-state index is 0.0302. The number of phenolic OH excluding ortho intramolecular Hbond substituents is 1. The van der Waals surface area contributed by atoms with Gasteiger partial charge >= 0.3 is 5.97 Å². The standard InChI is InChI=1S/C13H18N2O4/c1-13(2,3)10(14)11(17)15-8-6-7(12(18)19)4-5-9(8)16/h4-6,10,16H,14H2,1-3H3,(H,15,17)(H,18,19). The van der Waals surface area contributed by atoms with E-state index in [1.54, 1.807) is 0 Å². The van der Waals surface area contributed by atoms with Gasteiger partial charge in [-0.1, -0.05) is 20.8 Å². The monoisotopic (exact) mass is 266 g/mol. The molecule has 19 heavy (non-hydrogen) atoms. The molecule has 0 radical (unpaired) electrons. The van der Waals surface area contributed by atoms with Gasteiger partial charge in [0.2, 0.25) is 5.91 Å². The topological polar surface area (TPSA) is 113 Å². The summed E-state index contributed by atoms with van der Waals surface area (Å²) in [6, 6.07) is 2.87. The largest absolute Gasteiger partial charge is 0.506 e. The number of carbonyl (C=O) groups excluding carboxylic acids is 1. The average molecular weight is 266 g/mol. The van der Waals surface area contributed by atoms with Gasteiger partial charge in [-0.05, 0) is 23.6 Å². The Hall–Kier alpha value is -2.08. The van der Waals surface area contributed by atoms with Gasteiger partial charge in [-0.2, -0.15) is 0 Å². The minimum Gasteiger partial charge on any atom is -0.506 e. The Labute approximate surface area is 111 Å². The van der Waals surface area contributed by atoms with Crippen LogP contribution in [0, 0.1) is 5.41 Å². The molecule has 0 aliphatic carbocycles. The molecular weight excluding hydrogens is 248 g/mol. The quantitative estimate of drug-likeness (QED) is 0.618. The Morgan fingerprint density at radius 2 is 1.89 bits per heavy atom. The fourth-order valence-corrected chi connectivity index (χ4v) is 1.37. The number of carbonyl (C=O) groups is 2. The zero-order valence-electron chi connectivity index (χ0n) is 11.1. The molecule has 0 aromatic heterocycles.